The fraction of sp³-hybridized carbons (Fsp3) is 0.167. The molecule has 132 valence electrons. The molecule has 0 aliphatic rings. The number of aromatic amines is 1. The van der Waals surface area contributed by atoms with Crippen molar-refractivity contribution < 1.29 is 9.72 Å². The average Bonchev–Trinajstić information content (AvgIpc) is 2.65. The number of hydrogen-bond acceptors (Lipinski definition) is 5. The standard InChI is InChI=1S/C18H16N4O4/c1-2-21(18(24)12-6-5-7-13(10-12)22(25)26)11-16-19-15-9-4-3-8-14(15)17(23)20-16/h3-10H,2,11H2,1H3,(H,19,20,23). The number of fused-ring (bicyclic) bond motifs is 1. The van der Waals surface area contributed by atoms with Crippen molar-refractivity contribution in [1.82, 2.24) is 14.9 Å². The Morgan fingerprint density at radius 3 is 2.73 bits per heavy atom. The number of hydrogen-bond donors (Lipinski definition) is 1. The van der Waals surface area contributed by atoms with E-state index in [4.69, 9.17) is 0 Å². The summed E-state index contributed by atoms with van der Waals surface area (Å²) in [6.07, 6.45) is 0. The highest BCUT2D eigenvalue weighted by atomic mass is 16.6. The minimum Gasteiger partial charge on any atom is -0.331 e. The van der Waals surface area contributed by atoms with Gasteiger partial charge in [-0.25, -0.2) is 4.98 Å². The van der Waals surface area contributed by atoms with Crippen LogP contribution in [0, 0.1) is 10.1 Å². The van der Waals surface area contributed by atoms with E-state index in [0.29, 0.717) is 23.3 Å². The Balaban J connectivity index is 1.90. The van der Waals surface area contributed by atoms with E-state index in [0.717, 1.165) is 0 Å². The highest BCUT2D eigenvalue weighted by molar-refractivity contribution is 5.94. The van der Waals surface area contributed by atoms with Crippen LogP contribution in [0.3, 0.4) is 0 Å². The first-order valence-corrected chi connectivity index (χ1v) is 8.01. The zero-order valence-corrected chi connectivity index (χ0v) is 14.0. The first-order valence-electron chi connectivity index (χ1n) is 8.01. The highest BCUT2D eigenvalue weighted by Gasteiger charge is 2.18. The molecule has 3 rings (SSSR count). The fourth-order valence-electron chi connectivity index (χ4n) is 2.65. The smallest absolute Gasteiger partial charge is 0.270 e. The van der Waals surface area contributed by atoms with E-state index in [1.54, 1.807) is 31.2 Å². The van der Waals surface area contributed by atoms with Gasteiger partial charge in [-0.3, -0.25) is 19.7 Å². The highest BCUT2D eigenvalue weighted by Crippen LogP contribution is 2.16. The lowest BCUT2D eigenvalue weighted by Gasteiger charge is -2.20. The molecule has 0 aliphatic heterocycles. The molecule has 0 radical (unpaired) electrons. The molecule has 1 heterocycles. The Bertz CT molecular complexity index is 1040. The van der Waals surface area contributed by atoms with Gasteiger partial charge < -0.3 is 9.88 Å². The van der Waals surface area contributed by atoms with Crippen LogP contribution in [0.1, 0.15) is 23.1 Å². The number of carbonyl (C=O) groups excluding carboxylic acids is 1. The molecule has 8 nitrogen and oxygen atoms in total. The number of carbonyl (C=O) groups is 1. The van der Waals surface area contributed by atoms with Crippen molar-refractivity contribution >= 4 is 22.5 Å². The molecule has 1 aromatic heterocycles. The number of amides is 1. The Morgan fingerprint density at radius 2 is 2.00 bits per heavy atom. The number of H-pyrrole nitrogens is 1. The van der Waals surface area contributed by atoms with Gasteiger partial charge in [-0.2, -0.15) is 0 Å². The Morgan fingerprint density at radius 1 is 1.23 bits per heavy atom. The number of nitrogens with one attached hydrogen (secondary N) is 1. The molecule has 0 atom stereocenters. The van der Waals surface area contributed by atoms with Crippen LogP contribution >= 0.6 is 0 Å². The third kappa shape index (κ3) is 3.44. The lowest BCUT2D eigenvalue weighted by molar-refractivity contribution is -0.384. The number of benzene rings is 2. The molecule has 0 fully saturated rings. The number of para-hydroxylation sites is 1. The van der Waals surface area contributed by atoms with Crippen LogP contribution in [0.5, 0.6) is 0 Å². The van der Waals surface area contributed by atoms with Crippen LogP contribution < -0.4 is 5.56 Å². The van der Waals surface area contributed by atoms with Crippen LogP contribution in [0.4, 0.5) is 5.69 Å². The average molecular weight is 352 g/mol. The van der Waals surface area contributed by atoms with E-state index in [1.807, 2.05) is 0 Å². The summed E-state index contributed by atoms with van der Waals surface area (Å²) in [6.45, 7) is 2.24. The molecule has 0 saturated heterocycles. The van der Waals surface area contributed by atoms with Crippen molar-refractivity contribution in [3.63, 3.8) is 0 Å². The van der Waals surface area contributed by atoms with Crippen molar-refractivity contribution in [3.8, 4) is 0 Å². The summed E-state index contributed by atoms with van der Waals surface area (Å²) in [5, 5.41) is 11.4. The Hall–Kier alpha value is -3.55. The maximum atomic E-state index is 12.7. The fourth-order valence-corrected chi connectivity index (χ4v) is 2.65. The van der Waals surface area contributed by atoms with Crippen LogP contribution in [-0.4, -0.2) is 32.2 Å². The monoisotopic (exact) mass is 352 g/mol. The maximum absolute atomic E-state index is 12.7. The summed E-state index contributed by atoms with van der Waals surface area (Å²) >= 11 is 0. The molecule has 1 amide bonds. The first-order chi connectivity index (χ1) is 12.5. The van der Waals surface area contributed by atoms with Crippen molar-refractivity contribution in [1.29, 1.82) is 0 Å². The summed E-state index contributed by atoms with van der Waals surface area (Å²) in [4.78, 5) is 43.7. The van der Waals surface area contributed by atoms with E-state index in [1.165, 1.54) is 29.2 Å². The number of nitro groups is 1. The molecule has 0 spiro atoms. The number of non-ortho nitro benzene ring substituents is 1. The summed E-state index contributed by atoms with van der Waals surface area (Å²) in [6, 6.07) is 12.5. The molecule has 2 aromatic carbocycles. The van der Waals surface area contributed by atoms with E-state index < -0.39 is 4.92 Å². The molecule has 8 heteroatoms. The summed E-state index contributed by atoms with van der Waals surface area (Å²) in [5.41, 5.74) is 0.336. The SMILES string of the molecule is CCN(Cc1nc2ccccc2c(=O)[nH]1)C(=O)c1cccc([N+](=O)[O-])c1. The van der Waals surface area contributed by atoms with Crippen LogP contribution in [-0.2, 0) is 6.54 Å². The molecule has 1 N–H and O–H groups in total. The minimum absolute atomic E-state index is 0.0953. The van der Waals surface area contributed by atoms with Gasteiger partial charge >= 0.3 is 0 Å². The van der Waals surface area contributed by atoms with Crippen LogP contribution in [0.25, 0.3) is 10.9 Å². The number of rotatable bonds is 5. The molecule has 3 aromatic rings. The predicted molar refractivity (Wildman–Crippen MR) is 95.9 cm³/mol. The van der Waals surface area contributed by atoms with Crippen molar-refractivity contribution in [2.75, 3.05) is 6.54 Å². The summed E-state index contributed by atoms with van der Waals surface area (Å²) in [7, 11) is 0. The number of nitrogens with zero attached hydrogens (tertiary/aromatic N) is 3. The van der Waals surface area contributed by atoms with E-state index in [-0.39, 0.29) is 29.3 Å². The molecule has 0 saturated carbocycles. The van der Waals surface area contributed by atoms with Gasteiger partial charge in [-0.05, 0) is 25.1 Å². The van der Waals surface area contributed by atoms with Gasteiger partial charge in [0, 0.05) is 24.2 Å². The topological polar surface area (TPSA) is 109 Å². The maximum Gasteiger partial charge on any atom is 0.270 e. The van der Waals surface area contributed by atoms with Gasteiger partial charge in [0.05, 0.1) is 22.4 Å². The zero-order chi connectivity index (χ0) is 18.7. The number of aromatic nitrogens is 2. The van der Waals surface area contributed by atoms with Gasteiger partial charge in [0.15, 0.2) is 0 Å². The second-order valence-corrected chi connectivity index (χ2v) is 5.66. The third-order valence-corrected chi connectivity index (χ3v) is 3.98. The van der Waals surface area contributed by atoms with Gasteiger partial charge in [-0.1, -0.05) is 18.2 Å². The number of nitro benzene ring substituents is 1. The molecule has 0 unspecified atom stereocenters. The summed E-state index contributed by atoms with van der Waals surface area (Å²) < 4.78 is 0. The van der Waals surface area contributed by atoms with Crippen molar-refractivity contribution in [2.24, 2.45) is 0 Å². The van der Waals surface area contributed by atoms with Gasteiger partial charge in [0.1, 0.15) is 5.82 Å². The normalized spacial score (nSPS) is 10.7. The third-order valence-electron chi connectivity index (χ3n) is 3.98. The molecule has 0 aliphatic carbocycles. The second kappa shape index (κ2) is 7.14. The lowest BCUT2D eigenvalue weighted by Crippen LogP contribution is -2.32. The zero-order valence-electron chi connectivity index (χ0n) is 14.0. The Labute approximate surface area is 148 Å². The molecule has 0 bridgehead atoms. The molecule has 26 heavy (non-hydrogen) atoms. The second-order valence-electron chi connectivity index (χ2n) is 5.66. The van der Waals surface area contributed by atoms with Crippen molar-refractivity contribution in [3.05, 3.63) is 80.4 Å². The largest absolute Gasteiger partial charge is 0.331 e. The Kier molecular flexibility index (Phi) is 4.74. The quantitative estimate of drug-likeness (QED) is 0.560. The first kappa shape index (κ1) is 17.3. The van der Waals surface area contributed by atoms with Gasteiger partial charge in [0.25, 0.3) is 17.2 Å². The predicted octanol–water partition coefficient (Wildman–Crippen LogP) is 2.49. The van der Waals surface area contributed by atoms with E-state index in [9.17, 15) is 19.7 Å². The van der Waals surface area contributed by atoms with Crippen molar-refractivity contribution in [2.45, 2.75) is 13.5 Å². The minimum atomic E-state index is -0.546. The van der Waals surface area contributed by atoms with Crippen LogP contribution in [0.15, 0.2) is 53.3 Å². The lowest BCUT2D eigenvalue weighted by atomic mass is 10.1. The van der Waals surface area contributed by atoms with Gasteiger partial charge in [-0.15, -0.1) is 0 Å². The van der Waals surface area contributed by atoms with E-state index in [2.05, 4.69) is 9.97 Å². The summed E-state index contributed by atoms with van der Waals surface area (Å²) in [5.74, 6) is -0.0126. The molecular formula is C18H16N4O4. The van der Waals surface area contributed by atoms with E-state index >= 15 is 0 Å². The van der Waals surface area contributed by atoms with Crippen LogP contribution in [0.2, 0.25) is 0 Å². The molecular weight excluding hydrogens is 336 g/mol. The van der Waals surface area contributed by atoms with Gasteiger partial charge in [0.2, 0.25) is 0 Å².